The van der Waals surface area contributed by atoms with Gasteiger partial charge in [0.1, 0.15) is 5.69 Å². The molecule has 7 nitrogen and oxygen atoms in total. The molecule has 3 aromatic rings. The average molecular weight is 408 g/mol. The van der Waals surface area contributed by atoms with E-state index >= 15 is 0 Å². The molecule has 0 aliphatic carbocycles. The summed E-state index contributed by atoms with van der Waals surface area (Å²) in [6.45, 7) is 0.522. The van der Waals surface area contributed by atoms with Gasteiger partial charge in [-0.1, -0.05) is 24.0 Å². The maximum atomic E-state index is 11.8. The normalized spacial score (nSPS) is 13.0. The van der Waals surface area contributed by atoms with Crippen molar-refractivity contribution in [2.75, 3.05) is 20.6 Å². The predicted molar refractivity (Wildman–Crippen MR) is 112 cm³/mol. The first-order valence-electron chi connectivity index (χ1n) is 8.83. The van der Waals surface area contributed by atoms with Crippen LogP contribution in [-0.4, -0.2) is 58.4 Å². The fraction of sp³-hybridized carbons (Fsp3) is 0.238. The molecule has 0 aliphatic heterocycles. The number of aromatic nitrogens is 2. The van der Waals surface area contributed by atoms with E-state index in [1.54, 1.807) is 30.3 Å². The maximum absolute atomic E-state index is 11.8. The van der Waals surface area contributed by atoms with E-state index in [0.717, 1.165) is 0 Å². The van der Waals surface area contributed by atoms with E-state index in [1.165, 1.54) is 11.3 Å². The van der Waals surface area contributed by atoms with Crippen molar-refractivity contribution in [2.24, 2.45) is 5.73 Å². The molecular formula is C21H20N4O3S. The second-order valence-corrected chi connectivity index (χ2v) is 7.74. The highest BCUT2D eigenvalue weighted by Gasteiger charge is 2.23. The Morgan fingerprint density at radius 1 is 1.34 bits per heavy atom. The van der Waals surface area contributed by atoms with Gasteiger partial charge in [-0.25, -0.2) is 9.97 Å². The number of benzene rings is 1. The SMILES string of the molecule is CN(C)CC[C@@](O)(C#Cc1cccc(-c2nc(C(N)=O)c3sccc3n2)c1)C=O. The summed E-state index contributed by atoms with van der Waals surface area (Å²) >= 11 is 1.36. The van der Waals surface area contributed by atoms with Crippen LogP contribution in [0.4, 0.5) is 0 Å². The number of rotatable bonds is 6. The fourth-order valence-electron chi connectivity index (χ4n) is 2.62. The van der Waals surface area contributed by atoms with Crippen LogP contribution in [0.1, 0.15) is 22.5 Å². The van der Waals surface area contributed by atoms with Gasteiger partial charge < -0.3 is 15.7 Å². The highest BCUT2D eigenvalue weighted by Crippen LogP contribution is 2.26. The summed E-state index contributed by atoms with van der Waals surface area (Å²) in [6, 6.07) is 8.86. The van der Waals surface area contributed by atoms with E-state index in [9.17, 15) is 14.7 Å². The van der Waals surface area contributed by atoms with Gasteiger partial charge in [0.05, 0.1) is 10.2 Å². The van der Waals surface area contributed by atoms with Gasteiger partial charge in [-0.05, 0) is 37.7 Å². The molecule has 0 fully saturated rings. The lowest BCUT2D eigenvalue weighted by molar-refractivity contribution is -0.119. The quantitative estimate of drug-likeness (QED) is 0.475. The summed E-state index contributed by atoms with van der Waals surface area (Å²) in [5.74, 6) is 5.23. The lowest BCUT2D eigenvalue weighted by Crippen LogP contribution is -2.33. The molecule has 0 aliphatic rings. The van der Waals surface area contributed by atoms with Crippen LogP contribution in [0.15, 0.2) is 35.7 Å². The van der Waals surface area contributed by atoms with Gasteiger partial charge in [0, 0.05) is 24.1 Å². The summed E-state index contributed by atoms with van der Waals surface area (Å²) in [4.78, 5) is 33.8. The number of hydrogen-bond acceptors (Lipinski definition) is 7. The van der Waals surface area contributed by atoms with Crippen LogP contribution < -0.4 is 5.73 Å². The molecule has 0 unspecified atom stereocenters. The molecule has 2 aromatic heterocycles. The third kappa shape index (κ3) is 4.84. The van der Waals surface area contributed by atoms with Crippen molar-refractivity contribution >= 4 is 33.7 Å². The number of primary amides is 1. The number of amides is 1. The number of hydrogen-bond donors (Lipinski definition) is 2. The van der Waals surface area contributed by atoms with Crippen LogP contribution >= 0.6 is 11.3 Å². The molecule has 29 heavy (non-hydrogen) atoms. The third-order valence-electron chi connectivity index (χ3n) is 4.22. The smallest absolute Gasteiger partial charge is 0.268 e. The lowest BCUT2D eigenvalue weighted by atomic mass is 10.0. The number of thiophene rings is 1. The van der Waals surface area contributed by atoms with Crippen molar-refractivity contribution in [3.05, 3.63) is 47.0 Å². The molecule has 1 amide bonds. The topological polar surface area (TPSA) is 109 Å². The third-order valence-corrected chi connectivity index (χ3v) is 5.13. The monoisotopic (exact) mass is 408 g/mol. The Kier molecular flexibility index (Phi) is 6.03. The first-order chi connectivity index (χ1) is 13.8. The van der Waals surface area contributed by atoms with Crippen molar-refractivity contribution in [1.82, 2.24) is 14.9 Å². The molecule has 2 heterocycles. The van der Waals surface area contributed by atoms with Crippen molar-refractivity contribution in [3.63, 3.8) is 0 Å². The molecule has 0 bridgehead atoms. The van der Waals surface area contributed by atoms with Crippen molar-refractivity contribution < 1.29 is 14.7 Å². The summed E-state index contributed by atoms with van der Waals surface area (Å²) in [6.07, 6.45) is 0.663. The molecule has 8 heteroatoms. The molecule has 3 rings (SSSR count). The number of carbonyl (C=O) groups excluding carboxylic acids is 2. The van der Waals surface area contributed by atoms with Crippen molar-refractivity contribution in [2.45, 2.75) is 12.0 Å². The van der Waals surface area contributed by atoms with Crippen LogP contribution in [0.3, 0.4) is 0 Å². The fourth-order valence-corrected chi connectivity index (χ4v) is 3.45. The Hall–Kier alpha value is -3.12. The Labute approximate surface area is 172 Å². The minimum atomic E-state index is -1.72. The first kappa shape index (κ1) is 20.6. The van der Waals surface area contributed by atoms with Gasteiger partial charge in [-0.15, -0.1) is 11.3 Å². The summed E-state index contributed by atoms with van der Waals surface area (Å²) in [7, 11) is 3.71. The Morgan fingerprint density at radius 2 is 2.14 bits per heavy atom. The van der Waals surface area contributed by atoms with Crippen molar-refractivity contribution in [1.29, 1.82) is 0 Å². The highest BCUT2D eigenvalue weighted by molar-refractivity contribution is 7.17. The number of aldehydes is 1. The maximum Gasteiger partial charge on any atom is 0.268 e. The van der Waals surface area contributed by atoms with Crippen LogP contribution in [0.5, 0.6) is 0 Å². The first-order valence-corrected chi connectivity index (χ1v) is 9.71. The van der Waals surface area contributed by atoms with E-state index in [2.05, 4.69) is 21.8 Å². The van der Waals surface area contributed by atoms with E-state index in [1.807, 2.05) is 24.4 Å². The molecule has 148 valence electrons. The van der Waals surface area contributed by atoms with E-state index in [0.29, 0.717) is 40.0 Å². The molecule has 1 aromatic carbocycles. The summed E-state index contributed by atoms with van der Waals surface area (Å²) in [5, 5.41) is 12.2. The second kappa shape index (κ2) is 8.49. The average Bonchev–Trinajstić information content (AvgIpc) is 3.19. The zero-order valence-corrected chi connectivity index (χ0v) is 16.9. The largest absolute Gasteiger partial charge is 0.371 e. The van der Waals surface area contributed by atoms with Gasteiger partial charge in [-0.3, -0.25) is 9.59 Å². The van der Waals surface area contributed by atoms with Crippen LogP contribution in [-0.2, 0) is 4.79 Å². The number of nitrogens with two attached hydrogens (primary N) is 1. The summed E-state index contributed by atoms with van der Waals surface area (Å²) in [5.41, 5.74) is 5.80. The van der Waals surface area contributed by atoms with E-state index < -0.39 is 11.5 Å². The van der Waals surface area contributed by atoms with Gasteiger partial charge in [0.15, 0.2) is 17.7 Å². The lowest BCUT2D eigenvalue weighted by Gasteiger charge is -2.17. The number of carbonyl (C=O) groups is 2. The zero-order chi connectivity index (χ0) is 21.0. The van der Waals surface area contributed by atoms with E-state index in [4.69, 9.17) is 5.73 Å². The molecule has 0 saturated carbocycles. The highest BCUT2D eigenvalue weighted by atomic mass is 32.1. The standard InChI is InChI=1S/C21H20N4O3S/c1-25(2)10-9-21(28,13-26)8-6-14-4-3-5-15(12-14)20-23-16-7-11-29-18(16)17(24-20)19(22)27/h3-5,7,11-13,28H,9-10H2,1-2H3,(H2,22,27)/t21-/m0/s1. The predicted octanol–water partition coefficient (Wildman–Crippen LogP) is 1.69. The molecule has 1 atom stereocenters. The van der Waals surface area contributed by atoms with Gasteiger partial charge in [-0.2, -0.15) is 0 Å². The Morgan fingerprint density at radius 3 is 2.83 bits per heavy atom. The van der Waals surface area contributed by atoms with E-state index in [-0.39, 0.29) is 12.1 Å². The molecule has 3 N–H and O–H groups in total. The van der Waals surface area contributed by atoms with Gasteiger partial charge in [0.25, 0.3) is 5.91 Å². The Balaban J connectivity index is 1.96. The van der Waals surface area contributed by atoms with Crippen LogP contribution in [0, 0.1) is 11.8 Å². The second-order valence-electron chi connectivity index (χ2n) is 6.82. The number of fused-ring (bicyclic) bond motifs is 1. The number of nitrogens with zero attached hydrogens (tertiary/aromatic N) is 3. The zero-order valence-electron chi connectivity index (χ0n) is 16.0. The van der Waals surface area contributed by atoms with Crippen LogP contribution in [0.2, 0.25) is 0 Å². The van der Waals surface area contributed by atoms with Gasteiger partial charge in [0.2, 0.25) is 0 Å². The number of aliphatic hydroxyl groups is 1. The minimum absolute atomic E-state index is 0.176. The van der Waals surface area contributed by atoms with Gasteiger partial charge >= 0.3 is 0 Å². The molecule has 0 spiro atoms. The minimum Gasteiger partial charge on any atom is -0.371 e. The van der Waals surface area contributed by atoms with Crippen LogP contribution in [0.25, 0.3) is 21.6 Å². The Bertz CT molecular complexity index is 1130. The molecule has 0 radical (unpaired) electrons. The van der Waals surface area contributed by atoms with Crippen molar-refractivity contribution in [3.8, 4) is 23.2 Å². The molecule has 0 saturated heterocycles. The molecular weight excluding hydrogens is 388 g/mol. The summed E-state index contributed by atoms with van der Waals surface area (Å²) < 4.78 is 0.647.